The quantitative estimate of drug-likeness (QED) is 0.709. The van der Waals surface area contributed by atoms with Crippen molar-refractivity contribution in [1.82, 2.24) is 0 Å². The summed E-state index contributed by atoms with van der Waals surface area (Å²) in [4.78, 5) is 1.56. The molecule has 1 aromatic rings. The molecule has 0 radical (unpaired) electrons. The first-order chi connectivity index (χ1) is 7.98. The maximum atomic E-state index is 12.9. The lowest BCUT2D eigenvalue weighted by Crippen LogP contribution is -2.37. The van der Waals surface area contributed by atoms with Gasteiger partial charge in [-0.15, -0.1) is 0 Å². The van der Waals surface area contributed by atoms with Crippen LogP contribution in [0.4, 0.5) is 23.2 Å². The van der Waals surface area contributed by atoms with E-state index in [-0.39, 0.29) is 5.69 Å². The van der Waals surface area contributed by atoms with Crippen molar-refractivity contribution in [3.05, 3.63) is 29.6 Å². The van der Waals surface area contributed by atoms with E-state index in [2.05, 4.69) is 0 Å². The van der Waals surface area contributed by atoms with Crippen LogP contribution < -0.4 is 4.90 Å². The van der Waals surface area contributed by atoms with Crippen LogP contribution in [0.3, 0.4) is 0 Å². The van der Waals surface area contributed by atoms with Gasteiger partial charge in [0.05, 0.1) is 18.8 Å². The Hall–Kier alpha value is -1.30. The Labute approximate surface area is 95.8 Å². The van der Waals surface area contributed by atoms with Crippen molar-refractivity contribution in [1.29, 1.82) is 0 Å². The summed E-state index contributed by atoms with van der Waals surface area (Å²) in [5.41, 5.74) is -0.915. The summed E-state index contributed by atoms with van der Waals surface area (Å²) in [6.07, 6.45) is -4.55. The summed E-state index contributed by atoms with van der Waals surface area (Å²) in [6.45, 7) is 1.53. The summed E-state index contributed by atoms with van der Waals surface area (Å²) in [7, 11) is 0. The van der Waals surface area contributed by atoms with Gasteiger partial charge in [-0.1, -0.05) is 0 Å². The van der Waals surface area contributed by atoms with Crippen molar-refractivity contribution in [2.75, 3.05) is 31.2 Å². The van der Waals surface area contributed by atoms with E-state index >= 15 is 0 Å². The molecule has 1 aliphatic heterocycles. The minimum atomic E-state index is -4.55. The van der Waals surface area contributed by atoms with E-state index in [1.165, 1.54) is 6.07 Å². The number of nitrogens with zero attached hydrogens (tertiary/aromatic N) is 1. The standard InChI is InChI=1S/C11H11F4NO/c12-8-1-2-10(9(7-8)11(13,14)15)16-3-5-17-6-4-16/h1-2,7H,3-6H2. The molecular formula is C11H11F4NO. The minimum Gasteiger partial charge on any atom is -0.378 e. The third-order valence-corrected chi connectivity index (χ3v) is 2.62. The van der Waals surface area contributed by atoms with E-state index in [0.29, 0.717) is 32.4 Å². The van der Waals surface area contributed by atoms with Crippen molar-refractivity contribution in [2.45, 2.75) is 6.18 Å². The molecule has 0 atom stereocenters. The Morgan fingerprint density at radius 3 is 2.35 bits per heavy atom. The number of alkyl halides is 3. The second kappa shape index (κ2) is 4.52. The van der Waals surface area contributed by atoms with Crippen molar-refractivity contribution < 1.29 is 22.3 Å². The molecule has 2 rings (SSSR count). The van der Waals surface area contributed by atoms with Gasteiger partial charge in [0.1, 0.15) is 5.82 Å². The van der Waals surface area contributed by atoms with Crippen LogP contribution in [0.2, 0.25) is 0 Å². The SMILES string of the molecule is Fc1ccc(N2CCOCC2)c(C(F)(F)F)c1. The number of hydrogen-bond acceptors (Lipinski definition) is 2. The van der Waals surface area contributed by atoms with Crippen molar-refractivity contribution in [3.8, 4) is 0 Å². The van der Waals surface area contributed by atoms with E-state index < -0.39 is 17.6 Å². The van der Waals surface area contributed by atoms with Crippen molar-refractivity contribution >= 4 is 5.69 Å². The van der Waals surface area contributed by atoms with E-state index in [1.54, 1.807) is 4.90 Å². The van der Waals surface area contributed by atoms with Gasteiger partial charge in [0, 0.05) is 18.8 Å². The Balaban J connectivity index is 2.38. The number of halogens is 4. The largest absolute Gasteiger partial charge is 0.418 e. The Kier molecular flexibility index (Phi) is 3.24. The molecule has 0 aliphatic carbocycles. The van der Waals surface area contributed by atoms with Gasteiger partial charge in [-0.2, -0.15) is 13.2 Å². The van der Waals surface area contributed by atoms with Gasteiger partial charge in [-0.3, -0.25) is 0 Å². The van der Waals surface area contributed by atoms with Crippen molar-refractivity contribution in [2.24, 2.45) is 0 Å². The smallest absolute Gasteiger partial charge is 0.378 e. The summed E-state index contributed by atoms with van der Waals surface area (Å²) in [5.74, 6) is -0.880. The molecule has 0 N–H and O–H groups in total. The molecule has 0 unspecified atom stereocenters. The number of anilines is 1. The molecule has 0 bridgehead atoms. The topological polar surface area (TPSA) is 12.5 Å². The van der Waals surface area contributed by atoms with Crippen LogP contribution in [0.5, 0.6) is 0 Å². The molecule has 6 heteroatoms. The van der Waals surface area contributed by atoms with Crippen LogP contribution in [-0.2, 0) is 10.9 Å². The van der Waals surface area contributed by atoms with Crippen LogP contribution in [0, 0.1) is 5.82 Å². The predicted octanol–water partition coefficient (Wildman–Crippen LogP) is 2.68. The van der Waals surface area contributed by atoms with E-state index in [0.717, 1.165) is 6.07 Å². The van der Waals surface area contributed by atoms with Gasteiger partial charge in [-0.25, -0.2) is 4.39 Å². The third kappa shape index (κ3) is 2.69. The average Bonchev–Trinajstić information content (AvgIpc) is 2.29. The number of hydrogen-bond donors (Lipinski definition) is 0. The number of morpholine rings is 1. The highest BCUT2D eigenvalue weighted by atomic mass is 19.4. The van der Waals surface area contributed by atoms with E-state index in [4.69, 9.17) is 4.74 Å². The maximum Gasteiger partial charge on any atom is 0.418 e. The summed E-state index contributed by atoms with van der Waals surface area (Å²) < 4.78 is 56.3. The fraction of sp³-hybridized carbons (Fsp3) is 0.455. The van der Waals surface area contributed by atoms with E-state index in [1.807, 2.05) is 0 Å². The first-order valence-electron chi connectivity index (χ1n) is 5.18. The maximum absolute atomic E-state index is 12.9. The zero-order valence-electron chi connectivity index (χ0n) is 8.93. The highest BCUT2D eigenvalue weighted by Crippen LogP contribution is 2.37. The monoisotopic (exact) mass is 249 g/mol. The molecule has 0 spiro atoms. The first-order valence-corrected chi connectivity index (χ1v) is 5.18. The van der Waals surface area contributed by atoms with Gasteiger partial charge < -0.3 is 9.64 Å². The predicted molar refractivity (Wildman–Crippen MR) is 54.4 cm³/mol. The van der Waals surface area contributed by atoms with Crippen LogP contribution in [0.25, 0.3) is 0 Å². The van der Waals surface area contributed by atoms with Crippen molar-refractivity contribution in [3.63, 3.8) is 0 Å². The normalized spacial score (nSPS) is 17.3. The fourth-order valence-corrected chi connectivity index (χ4v) is 1.82. The molecule has 0 amide bonds. The van der Waals surface area contributed by atoms with Gasteiger partial charge in [0.15, 0.2) is 0 Å². The molecule has 17 heavy (non-hydrogen) atoms. The fourth-order valence-electron chi connectivity index (χ4n) is 1.82. The summed E-state index contributed by atoms with van der Waals surface area (Å²) >= 11 is 0. The Morgan fingerprint density at radius 1 is 1.12 bits per heavy atom. The first kappa shape index (κ1) is 12.2. The molecule has 1 heterocycles. The lowest BCUT2D eigenvalue weighted by molar-refractivity contribution is -0.137. The van der Waals surface area contributed by atoms with Crippen LogP contribution in [-0.4, -0.2) is 26.3 Å². The zero-order chi connectivity index (χ0) is 12.5. The second-order valence-corrected chi connectivity index (χ2v) is 3.76. The lowest BCUT2D eigenvalue weighted by Gasteiger charge is -2.31. The van der Waals surface area contributed by atoms with Gasteiger partial charge in [0.25, 0.3) is 0 Å². The molecule has 2 nitrogen and oxygen atoms in total. The number of ether oxygens (including phenoxy) is 1. The molecule has 94 valence electrons. The van der Waals surface area contributed by atoms with Gasteiger partial charge >= 0.3 is 6.18 Å². The highest BCUT2D eigenvalue weighted by molar-refractivity contribution is 5.55. The molecular weight excluding hydrogens is 238 g/mol. The van der Waals surface area contributed by atoms with Crippen LogP contribution >= 0.6 is 0 Å². The Morgan fingerprint density at radius 2 is 1.76 bits per heavy atom. The molecule has 1 fully saturated rings. The Bertz CT molecular complexity index is 399. The third-order valence-electron chi connectivity index (χ3n) is 2.62. The van der Waals surface area contributed by atoms with E-state index in [9.17, 15) is 17.6 Å². The average molecular weight is 249 g/mol. The minimum absolute atomic E-state index is 0.0159. The number of benzene rings is 1. The molecule has 1 aliphatic rings. The molecule has 1 saturated heterocycles. The van der Waals surface area contributed by atoms with Crippen LogP contribution in [0.15, 0.2) is 18.2 Å². The lowest BCUT2D eigenvalue weighted by atomic mass is 10.1. The van der Waals surface area contributed by atoms with Gasteiger partial charge in [0.2, 0.25) is 0 Å². The summed E-state index contributed by atoms with van der Waals surface area (Å²) in [5, 5.41) is 0. The molecule has 0 saturated carbocycles. The second-order valence-electron chi connectivity index (χ2n) is 3.76. The molecule has 0 aromatic heterocycles. The number of rotatable bonds is 1. The zero-order valence-corrected chi connectivity index (χ0v) is 8.93. The van der Waals surface area contributed by atoms with Gasteiger partial charge in [-0.05, 0) is 18.2 Å². The molecule has 1 aromatic carbocycles. The van der Waals surface area contributed by atoms with Crippen LogP contribution in [0.1, 0.15) is 5.56 Å². The summed E-state index contributed by atoms with van der Waals surface area (Å²) in [6, 6.07) is 2.74. The highest BCUT2D eigenvalue weighted by Gasteiger charge is 2.35.